The van der Waals surface area contributed by atoms with E-state index >= 15 is 0 Å². The van der Waals surface area contributed by atoms with Crippen molar-refractivity contribution in [2.75, 3.05) is 73.5 Å². The van der Waals surface area contributed by atoms with Crippen molar-refractivity contribution in [2.45, 2.75) is 19.9 Å². The first-order valence-electron chi connectivity index (χ1n) is 12.5. The fraction of sp³-hybridized carbons (Fsp3) is 0.370. The van der Waals surface area contributed by atoms with E-state index in [1.807, 2.05) is 18.2 Å². The summed E-state index contributed by atoms with van der Waals surface area (Å²) >= 11 is 4.30. The highest BCUT2D eigenvalue weighted by molar-refractivity contribution is 7.80. The lowest BCUT2D eigenvalue weighted by Crippen LogP contribution is -2.29. The number of para-hydroxylation sites is 2. The Balaban J connectivity index is 1.95. The molecule has 0 aliphatic rings. The number of halogens is 1. The minimum Gasteiger partial charge on any atom is -0.494 e. The molecule has 4 N–H and O–H groups in total. The summed E-state index contributed by atoms with van der Waals surface area (Å²) in [4.78, 5) is 8.81. The molecule has 0 radical (unpaired) electrons. The molecule has 0 saturated heterocycles. The Labute approximate surface area is 238 Å². The first-order chi connectivity index (χ1) is 18.5. The van der Waals surface area contributed by atoms with Gasteiger partial charge in [-0.3, -0.25) is 8.86 Å². The van der Waals surface area contributed by atoms with Crippen LogP contribution in [0.4, 0.5) is 39.9 Å². The summed E-state index contributed by atoms with van der Waals surface area (Å²) in [5, 5.41) is 10.6. The van der Waals surface area contributed by atoms with Crippen LogP contribution in [0, 0.1) is 0 Å². The first kappa shape index (κ1) is 30.3. The largest absolute Gasteiger partial charge is 0.494 e. The summed E-state index contributed by atoms with van der Waals surface area (Å²) in [6.07, 6.45) is 1.55. The molecule has 1 unspecified atom stereocenters. The molecule has 0 bridgehead atoms. The van der Waals surface area contributed by atoms with E-state index in [1.54, 1.807) is 37.6 Å². The number of aromatic nitrogens is 1. The molecule has 39 heavy (non-hydrogen) atoms. The summed E-state index contributed by atoms with van der Waals surface area (Å²) in [6, 6.07) is 13.2. The second-order valence-corrected chi connectivity index (χ2v) is 11.1. The molecule has 2 aromatic carbocycles. The minimum atomic E-state index is -2.18. The van der Waals surface area contributed by atoms with E-state index in [2.05, 4.69) is 65.7 Å². The molecule has 0 aliphatic carbocycles. The number of likely N-dealkylation sites (N-methyl/N-ethyl adjacent to an activating group) is 2. The predicted octanol–water partition coefficient (Wildman–Crippen LogP) is 5.62. The maximum atomic E-state index is 11.7. The fourth-order valence-corrected chi connectivity index (χ4v) is 4.35. The molecule has 0 aliphatic heterocycles. The van der Waals surface area contributed by atoms with Crippen LogP contribution in [0.3, 0.4) is 0 Å². The van der Waals surface area contributed by atoms with Gasteiger partial charge in [-0.2, -0.15) is 0 Å². The second-order valence-electron chi connectivity index (χ2n) is 9.64. The monoisotopic (exact) mass is 575 g/mol. The highest BCUT2D eigenvalue weighted by atomic mass is 35.5. The highest BCUT2D eigenvalue weighted by Gasteiger charge is 2.17. The van der Waals surface area contributed by atoms with Gasteiger partial charge in [0.15, 0.2) is 0 Å². The lowest BCUT2D eigenvalue weighted by Gasteiger charge is -2.27. The van der Waals surface area contributed by atoms with Crippen LogP contribution in [0.5, 0.6) is 5.75 Å². The van der Waals surface area contributed by atoms with Crippen molar-refractivity contribution in [3.63, 3.8) is 0 Å². The Kier molecular flexibility index (Phi) is 10.6. The van der Waals surface area contributed by atoms with Gasteiger partial charge in [0.25, 0.3) is 11.3 Å². The van der Waals surface area contributed by atoms with E-state index in [4.69, 9.17) is 16.3 Å². The number of nitrogens with zero attached hydrogens (tertiary/aromatic N) is 4. The Morgan fingerprint density at radius 2 is 1.69 bits per heavy atom. The number of ether oxygens (including phenoxy) is 1. The molecule has 1 aromatic heterocycles. The van der Waals surface area contributed by atoms with Gasteiger partial charge >= 0.3 is 0 Å². The van der Waals surface area contributed by atoms with Crippen LogP contribution in [-0.2, 0) is 11.3 Å². The van der Waals surface area contributed by atoms with E-state index in [0.29, 0.717) is 33.7 Å². The fourth-order valence-electron chi connectivity index (χ4n) is 3.87. The van der Waals surface area contributed by atoms with Crippen molar-refractivity contribution >= 4 is 62.8 Å². The van der Waals surface area contributed by atoms with Gasteiger partial charge in [0.05, 0.1) is 52.5 Å². The summed E-state index contributed by atoms with van der Waals surface area (Å²) in [6.45, 7) is 5.96. The van der Waals surface area contributed by atoms with Crippen LogP contribution < -0.4 is 29.9 Å². The standard InChI is InChI=1S/C27H38ClN7O3S/c1-18(2)30-22-14-23(26(38-7)16-25(22)34(5)13-12-33(3)4)32-27-15-21(19(28)17-29-27)31-20-10-8-9-11-24(20)35(6)39(36)37/h8-11,14-18,30H,12-13H2,1-7H3,(H,36,37)(H2,29,31,32). The minimum absolute atomic E-state index is 0.225. The SMILES string of the molecule is COc1cc(N(C)CCN(C)C)c(NC(C)C)cc1Nc1cc(Nc2ccccc2N(C)S(=O)O)c(Cl)cn1. The van der Waals surface area contributed by atoms with Crippen molar-refractivity contribution in [3.05, 3.63) is 53.7 Å². The predicted molar refractivity (Wildman–Crippen MR) is 165 cm³/mol. The molecule has 0 amide bonds. The normalized spacial score (nSPS) is 11.9. The van der Waals surface area contributed by atoms with Gasteiger partial charge in [-0.1, -0.05) is 23.7 Å². The molecule has 10 nitrogen and oxygen atoms in total. The zero-order chi connectivity index (χ0) is 28.7. The van der Waals surface area contributed by atoms with Crippen LogP contribution in [0.2, 0.25) is 5.02 Å². The third-order valence-corrected chi connectivity index (χ3v) is 6.89. The Bertz CT molecular complexity index is 1290. The lowest BCUT2D eigenvalue weighted by molar-refractivity contribution is 0.413. The first-order valence-corrected chi connectivity index (χ1v) is 13.9. The Morgan fingerprint density at radius 1 is 0.974 bits per heavy atom. The average Bonchev–Trinajstić information content (AvgIpc) is 2.88. The number of nitrogens with one attached hydrogen (secondary N) is 3. The summed E-state index contributed by atoms with van der Waals surface area (Å²) in [5.74, 6) is 1.21. The van der Waals surface area contributed by atoms with Gasteiger partial charge in [0.1, 0.15) is 11.6 Å². The molecular formula is C27H38ClN7O3S. The van der Waals surface area contributed by atoms with E-state index in [1.165, 1.54) is 11.4 Å². The molecule has 0 spiro atoms. The smallest absolute Gasteiger partial charge is 0.261 e. The van der Waals surface area contributed by atoms with Gasteiger partial charge in [-0.15, -0.1) is 0 Å². The molecule has 3 rings (SSSR count). The second kappa shape index (κ2) is 13.7. The number of methoxy groups -OCH3 is 1. The van der Waals surface area contributed by atoms with Gasteiger partial charge in [-0.05, 0) is 46.1 Å². The zero-order valence-corrected chi connectivity index (χ0v) is 25.0. The van der Waals surface area contributed by atoms with Crippen LogP contribution in [0.25, 0.3) is 0 Å². The van der Waals surface area contributed by atoms with Gasteiger partial charge < -0.3 is 30.5 Å². The number of anilines is 7. The number of benzene rings is 2. The summed E-state index contributed by atoms with van der Waals surface area (Å²) < 4.78 is 28.2. The third kappa shape index (κ3) is 8.12. The maximum absolute atomic E-state index is 11.7. The van der Waals surface area contributed by atoms with Crippen molar-refractivity contribution in [2.24, 2.45) is 0 Å². The topological polar surface area (TPSA) is 105 Å². The molecule has 212 valence electrons. The Morgan fingerprint density at radius 3 is 2.33 bits per heavy atom. The molecule has 3 aromatic rings. The van der Waals surface area contributed by atoms with Crippen LogP contribution in [0.1, 0.15) is 13.8 Å². The molecule has 1 heterocycles. The van der Waals surface area contributed by atoms with Gasteiger partial charge in [0, 0.05) is 45.4 Å². The van der Waals surface area contributed by atoms with Crippen LogP contribution in [0.15, 0.2) is 48.7 Å². The quantitative estimate of drug-likeness (QED) is 0.193. The van der Waals surface area contributed by atoms with Crippen molar-refractivity contribution in [1.29, 1.82) is 0 Å². The van der Waals surface area contributed by atoms with Crippen LogP contribution >= 0.6 is 11.6 Å². The molecular weight excluding hydrogens is 538 g/mol. The van der Waals surface area contributed by atoms with E-state index in [0.717, 1.165) is 30.2 Å². The lowest BCUT2D eigenvalue weighted by atomic mass is 10.1. The maximum Gasteiger partial charge on any atom is 0.261 e. The van der Waals surface area contributed by atoms with E-state index < -0.39 is 11.3 Å². The average molecular weight is 576 g/mol. The van der Waals surface area contributed by atoms with Crippen molar-refractivity contribution in [1.82, 2.24) is 9.88 Å². The number of hydrogen-bond acceptors (Lipinski definition) is 8. The summed E-state index contributed by atoms with van der Waals surface area (Å²) in [5.41, 5.74) is 4.48. The molecule has 1 atom stereocenters. The zero-order valence-electron chi connectivity index (χ0n) is 23.4. The number of pyridine rings is 1. The van der Waals surface area contributed by atoms with E-state index in [9.17, 15) is 8.76 Å². The van der Waals surface area contributed by atoms with Gasteiger partial charge in [-0.25, -0.2) is 9.19 Å². The van der Waals surface area contributed by atoms with Crippen molar-refractivity contribution in [3.8, 4) is 5.75 Å². The Hall–Kier alpha value is -3.25. The van der Waals surface area contributed by atoms with E-state index in [-0.39, 0.29) is 6.04 Å². The number of hydrogen-bond donors (Lipinski definition) is 4. The van der Waals surface area contributed by atoms with Crippen molar-refractivity contribution < 1.29 is 13.5 Å². The summed E-state index contributed by atoms with van der Waals surface area (Å²) in [7, 11) is 9.36. The molecule has 12 heteroatoms. The highest BCUT2D eigenvalue weighted by Crippen LogP contribution is 2.39. The van der Waals surface area contributed by atoms with Gasteiger partial charge in [0.2, 0.25) is 0 Å². The van der Waals surface area contributed by atoms with Crippen LogP contribution in [-0.4, -0.2) is 73.1 Å². The number of rotatable bonds is 13. The molecule has 0 fully saturated rings. The third-order valence-electron chi connectivity index (χ3n) is 5.92. The molecule has 0 saturated carbocycles.